The van der Waals surface area contributed by atoms with E-state index in [0.29, 0.717) is 0 Å². The number of cyclic esters (lactones) is 1. The van der Waals surface area contributed by atoms with Crippen LogP contribution in [0.5, 0.6) is 0 Å². The number of hydrogen-bond donors (Lipinski definition) is 1. The lowest BCUT2D eigenvalue weighted by atomic mass is 9.96. The van der Waals surface area contributed by atoms with Crippen molar-refractivity contribution in [3.63, 3.8) is 0 Å². The third-order valence-electron chi connectivity index (χ3n) is 3.05. The molecule has 0 spiro atoms. The van der Waals surface area contributed by atoms with E-state index in [0.717, 1.165) is 37.1 Å². The van der Waals surface area contributed by atoms with Crippen molar-refractivity contribution in [2.24, 2.45) is 0 Å². The van der Waals surface area contributed by atoms with E-state index in [-0.39, 0.29) is 12.1 Å². The summed E-state index contributed by atoms with van der Waals surface area (Å²) in [6.45, 7) is 6.01. The molecule has 0 amide bonds. The first-order valence-corrected chi connectivity index (χ1v) is 6.24. The van der Waals surface area contributed by atoms with Gasteiger partial charge in [-0.2, -0.15) is 0 Å². The fourth-order valence-corrected chi connectivity index (χ4v) is 2.18. The zero-order chi connectivity index (χ0) is 12.3. The molecule has 3 nitrogen and oxygen atoms in total. The van der Waals surface area contributed by atoms with Crippen molar-refractivity contribution in [3.05, 3.63) is 34.9 Å². The van der Waals surface area contributed by atoms with Gasteiger partial charge in [0.1, 0.15) is 6.10 Å². The number of benzene rings is 1. The fourth-order valence-electron chi connectivity index (χ4n) is 2.18. The number of rotatable bonds is 4. The van der Waals surface area contributed by atoms with E-state index in [1.165, 1.54) is 5.56 Å². The van der Waals surface area contributed by atoms with Gasteiger partial charge >= 0.3 is 5.97 Å². The van der Waals surface area contributed by atoms with Crippen LogP contribution in [0.4, 0.5) is 0 Å². The number of fused-ring (bicyclic) bond motifs is 1. The number of nitrogens with one attached hydrogen (secondary N) is 1. The number of hydrogen-bond acceptors (Lipinski definition) is 3. The molecule has 1 N–H and O–H groups in total. The minimum absolute atomic E-state index is 0.000910. The number of likely N-dealkylation sites (N-methyl/N-ethyl adjacent to an activating group) is 1. The van der Waals surface area contributed by atoms with E-state index < -0.39 is 0 Å². The molecule has 0 saturated carbocycles. The molecule has 1 aliphatic rings. The molecule has 17 heavy (non-hydrogen) atoms. The summed E-state index contributed by atoms with van der Waals surface area (Å²) in [5.74, 6) is -0.183. The predicted molar refractivity (Wildman–Crippen MR) is 67.3 cm³/mol. The van der Waals surface area contributed by atoms with Crippen LogP contribution in [0.15, 0.2) is 18.2 Å². The normalized spacial score (nSPS) is 18.7. The molecule has 0 aromatic heterocycles. The van der Waals surface area contributed by atoms with Crippen LogP contribution in [-0.4, -0.2) is 25.2 Å². The Labute approximate surface area is 102 Å². The molecule has 0 aliphatic carbocycles. The minimum atomic E-state index is -0.183. The number of esters is 1. The summed E-state index contributed by atoms with van der Waals surface area (Å²) >= 11 is 0. The highest BCUT2D eigenvalue weighted by atomic mass is 16.5. The number of carbonyl (C=O) groups is 1. The summed E-state index contributed by atoms with van der Waals surface area (Å²) in [5.41, 5.74) is 3.14. The van der Waals surface area contributed by atoms with E-state index in [2.05, 4.69) is 18.3 Å². The van der Waals surface area contributed by atoms with Gasteiger partial charge < -0.3 is 10.1 Å². The molecule has 3 heteroatoms. The summed E-state index contributed by atoms with van der Waals surface area (Å²) in [4.78, 5) is 11.6. The molecule has 92 valence electrons. The SMILES string of the molecule is CCNCCc1ccc2c(c1)CC(C)OC2=O. The molecule has 1 atom stereocenters. The Morgan fingerprint density at radius 1 is 1.47 bits per heavy atom. The van der Waals surface area contributed by atoms with Crippen LogP contribution in [0.25, 0.3) is 0 Å². The first kappa shape index (κ1) is 12.1. The second kappa shape index (κ2) is 5.32. The highest BCUT2D eigenvalue weighted by molar-refractivity contribution is 5.92. The van der Waals surface area contributed by atoms with Gasteiger partial charge in [-0.15, -0.1) is 0 Å². The molecule has 0 saturated heterocycles. The summed E-state index contributed by atoms with van der Waals surface area (Å²) in [7, 11) is 0. The van der Waals surface area contributed by atoms with Gasteiger partial charge in [-0.3, -0.25) is 0 Å². The topological polar surface area (TPSA) is 38.3 Å². The predicted octanol–water partition coefficient (Wildman–Crippen LogP) is 1.94. The van der Waals surface area contributed by atoms with Crippen molar-refractivity contribution in [2.45, 2.75) is 32.8 Å². The lowest BCUT2D eigenvalue weighted by molar-refractivity contribution is 0.0301. The molecule has 1 unspecified atom stereocenters. The molecule has 1 aliphatic heterocycles. The maximum atomic E-state index is 11.6. The first-order chi connectivity index (χ1) is 8.20. The molecule has 1 aromatic rings. The van der Waals surface area contributed by atoms with Gasteiger partial charge in [-0.25, -0.2) is 4.79 Å². The molecule has 1 heterocycles. The fraction of sp³-hybridized carbons (Fsp3) is 0.500. The molecule has 0 fully saturated rings. The first-order valence-electron chi connectivity index (χ1n) is 6.24. The van der Waals surface area contributed by atoms with Crippen LogP contribution in [0.1, 0.15) is 35.3 Å². The zero-order valence-electron chi connectivity index (χ0n) is 10.5. The number of ether oxygens (including phenoxy) is 1. The van der Waals surface area contributed by atoms with E-state index in [1.54, 1.807) is 0 Å². The number of carbonyl (C=O) groups excluding carboxylic acids is 1. The molecular weight excluding hydrogens is 214 g/mol. The van der Waals surface area contributed by atoms with Crippen LogP contribution in [0.2, 0.25) is 0 Å². The van der Waals surface area contributed by atoms with Crippen LogP contribution in [-0.2, 0) is 17.6 Å². The quantitative estimate of drug-likeness (QED) is 0.638. The van der Waals surface area contributed by atoms with Crippen molar-refractivity contribution in [1.29, 1.82) is 0 Å². The lowest BCUT2D eigenvalue weighted by Crippen LogP contribution is -2.25. The van der Waals surface area contributed by atoms with Crippen molar-refractivity contribution in [2.75, 3.05) is 13.1 Å². The standard InChI is InChI=1S/C14H19NO2/c1-3-15-7-6-11-4-5-13-12(9-11)8-10(2)17-14(13)16/h4-5,9-10,15H,3,6-8H2,1-2H3. The monoisotopic (exact) mass is 233 g/mol. The molecule has 0 radical (unpaired) electrons. The largest absolute Gasteiger partial charge is 0.459 e. The maximum absolute atomic E-state index is 11.6. The van der Waals surface area contributed by atoms with Gasteiger partial charge in [0.2, 0.25) is 0 Å². The Morgan fingerprint density at radius 2 is 2.29 bits per heavy atom. The molecular formula is C14H19NO2. The highest BCUT2D eigenvalue weighted by Gasteiger charge is 2.23. The third kappa shape index (κ3) is 2.86. The molecule has 0 bridgehead atoms. The molecule has 2 rings (SSSR count). The van der Waals surface area contributed by atoms with Gasteiger partial charge in [-0.1, -0.05) is 19.1 Å². The second-order valence-electron chi connectivity index (χ2n) is 4.52. The van der Waals surface area contributed by atoms with Crippen LogP contribution >= 0.6 is 0 Å². The molecule has 1 aromatic carbocycles. The van der Waals surface area contributed by atoms with E-state index in [9.17, 15) is 4.79 Å². The van der Waals surface area contributed by atoms with Crippen molar-refractivity contribution in [3.8, 4) is 0 Å². The lowest BCUT2D eigenvalue weighted by Gasteiger charge is -2.22. The third-order valence-corrected chi connectivity index (χ3v) is 3.05. The van der Waals surface area contributed by atoms with Gasteiger partial charge in [0, 0.05) is 6.42 Å². The second-order valence-corrected chi connectivity index (χ2v) is 4.52. The van der Waals surface area contributed by atoms with Gasteiger partial charge in [-0.05, 0) is 43.6 Å². The van der Waals surface area contributed by atoms with E-state index in [4.69, 9.17) is 4.74 Å². The summed E-state index contributed by atoms with van der Waals surface area (Å²) in [6.07, 6.45) is 1.83. The summed E-state index contributed by atoms with van der Waals surface area (Å²) in [6, 6.07) is 6.06. The van der Waals surface area contributed by atoms with Gasteiger partial charge in [0.05, 0.1) is 5.56 Å². The highest BCUT2D eigenvalue weighted by Crippen LogP contribution is 2.21. The minimum Gasteiger partial charge on any atom is -0.459 e. The van der Waals surface area contributed by atoms with E-state index in [1.807, 2.05) is 19.1 Å². The Balaban J connectivity index is 2.13. The van der Waals surface area contributed by atoms with Crippen LogP contribution in [0, 0.1) is 0 Å². The Kier molecular flexibility index (Phi) is 3.79. The summed E-state index contributed by atoms with van der Waals surface area (Å²) < 4.78 is 5.20. The average molecular weight is 233 g/mol. The Hall–Kier alpha value is -1.35. The summed E-state index contributed by atoms with van der Waals surface area (Å²) in [5, 5.41) is 3.30. The average Bonchev–Trinajstić information content (AvgIpc) is 2.28. The zero-order valence-corrected chi connectivity index (χ0v) is 10.5. The smallest absolute Gasteiger partial charge is 0.338 e. The Bertz CT molecular complexity index is 415. The van der Waals surface area contributed by atoms with Crippen molar-refractivity contribution in [1.82, 2.24) is 5.32 Å². The van der Waals surface area contributed by atoms with Crippen molar-refractivity contribution >= 4 is 5.97 Å². The van der Waals surface area contributed by atoms with Crippen LogP contribution in [0.3, 0.4) is 0 Å². The maximum Gasteiger partial charge on any atom is 0.338 e. The van der Waals surface area contributed by atoms with Crippen molar-refractivity contribution < 1.29 is 9.53 Å². The van der Waals surface area contributed by atoms with Crippen LogP contribution < -0.4 is 5.32 Å². The van der Waals surface area contributed by atoms with E-state index >= 15 is 0 Å². The Morgan fingerprint density at radius 3 is 3.06 bits per heavy atom. The van der Waals surface area contributed by atoms with Gasteiger partial charge in [0.15, 0.2) is 0 Å². The van der Waals surface area contributed by atoms with Gasteiger partial charge in [0.25, 0.3) is 0 Å².